The molecular weight excluding hydrogens is 319 g/mol. The van der Waals surface area contributed by atoms with Crippen molar-refractivity contribution in [3.05, 3.63) is 59.2 Å². The Balaban J connectivity index is 2.10. The topological polar surface area (TPSA) is 38.3 Å². The molecule has 1 unspecified atom stereocenters. The molecule has 6 heteroatoms. The Labute approximate surface area is 137 Å². The minimum atomic E-state index is -4.47. The molecule has 1 heterocycles. The van der Waals surface area contributed by atoms with Gasteiger partial charge in [-0.25, -0.2) is 0 Å². The van der Waals surface area contributed by atoms with Crippen LogP contribution in [0.15, 0.2) is 42.5 Å². The highest BCUT2D eigenvalue weighted by Crippen LogP contribution is 2.41. The molecule has 24 heavy (non-hydrogen) atoms. The monoisotopic (exact) mass is 335 g/mol. The minimum Gasteiger partial charge on any atom is -0.496 e. The molecule has 2 aromatic carbocycles. The van der Waals surface area contributed by atoms with E-state index < -0.39 is 11.7 Å². The fourth-order valence-corrected chi connectivity index (χ4v) is 3.16. The number of ether oxygens (including phenoxy) is 1. The summed E-state index contributed by atoms with van der Waals surface area (Å²) in [5.74, 6) is -0.113. The summed E-state index contributed by atoms with van der Waals surface area (Å²) in [6, 6.07) is 11.0. The van der Waals surface area contributed by atoms with Gasteiger partial charge in [-0.1, -0.05) is 24.3 Å². The Morgan fingerprint density at radius 1 is 1.08 bits per heavy atom. The van der Waals surface area contributed by atoms with Crippen LogP contribution in [-0.4, -0.2) is 13.0 Å². The van der Waals surface area contributed by atoms with Crippen LogP contribution in [0.3, 0.4) is 0 Å². The molecule has 1 amide bonds. The number of anilines is 1. The molecule has 1 N–H and O–H groups in total. The first-order valence-corrected chi connectivity index (χ1v) is 7.52. The number of halogens is 3. The molecule has 2 aromatic rings. The van der Waals surface area contributed by atoms with Crippen LogP contribution >= 0.6 is 0 Å². The van der Waals surface area contributed by atoms with Gasteiger partial charge in [0.1, 0.15) is 5.75 Å². The fourth-order valence-electron chi connectivity index (χ4n) is 3.16. The van der Waals surface area contributed by atoms with Crippen molar-refractivity contribution in [1.82, 2.24) is 0 Å². The second kappa shape index (κ2) is 6.19. The van der Waals surface area contributed by atoms with E-state index in [1.165, 1.54) is 19.2 Å². The van der Waals surface area contributed by atoms with Gasteiger partial charge in [0.2, 0.25) is 5.91 Å². The zero-order valence-electron chi connectivity index (χ0n) is 13.0. The molecule has 0 radical (unpaired) electrons. The molecule has 3 rings (SSSR count). The lowest BCUT2D eigenvalue weighted by Gasteiger charge is -2.19. The molecule has 0 spiro atoms. The molecule has 0 aromatic heterocycles. The van der Waals surface area contributed by atoms with Crippen molar-refractivity contribution in [2.45, 2.75) is 24.9 Å². The molecule has 1 aliphatic rings. The summed E-state index contributed by atoms with van der Waals surface area (Å²) in [6.45, 7) is 0. The molecule has 0 fully saturated rings. The number of hydrogen-bond donors (Lipinski definition) is 1. The van der Waals surface area contributed by atoms with Crippen molar-refractivity contribution >= 4 is 11.6 Å². The SMILES string of the molecule is COc1ccccc1C1CC(=O)Nc2cccc(C(F)(F)F)c2C1. The number of fused-ring (bicyclic) bond motifs is 1. The molecule has 3 nitrogen and oxygen atoms in total. The van der Waals surface area contributed by atoms with Crippen molar-refractivity contribution in [2.24, 2.45) is 0 Å². The summed E-state index contributed by atoms with van der Waals surface area (Å²) < 4.78 is 45.3. The maximum atomic E-state index is 13.3. The molecule has 0 saturated heterocycles. The molecule has 1 atom stereocenters. The highest BCUT2D eigenvalue weighted by Gasteiger charge is 2.36. The van der Waals surface area contributed by atoms with Crippen LogP contribution in [0.5, 0.6) is 5.75 Å². The first kappa shape index (κ1) is 16.4. The van der Waals surface area contributed by atoms with Crippen molar-refractivity contribution in [3.63, 3.8) is 0 Å². The second-order valence-corrected chi connectivity index (χ2v) is 5.72. The van der Waals surface area contributed by atoms with Crippen molar-refractivity contribution in [2.75, 3.05) is 12.4 Å². The zero-order valence-corrected chi connectivity index (χ0v) is 13.0. The van der Waals surface area contributed by atoms with E-state index in [1.807, 2.05) is 0 Å². The van der Waals surface area contributed by atoms with Gasteiger partial charge in [-0.05, 0) is 35.7 Å². The van der Waals surface area contributed by atoms with Crippen LogP contribution in [0.25, 0.3) is 0 Å². The fraction of sp³-hybridized carbons (Fsp3) is 0.278. The van der Waals surface area contributed by atoms with Gasteiger partial charge >= 0.3 is 6.18 Å². The molecule has 1 aliphatic heterocycles. The molecule has 0 aliphatic carbocycles. The summed E-state index contributed by atoms with van der Waals surface area (Å²) in [6.07, 6.45) is -4.25. The van der Waals surface area contributed by atoms with Crippen LogP contribution in [-0.2, 0) is 17.4 Å². The number of nitrogens with one attached hydrogen (secondary N) is 1. The Morgan fingerprint density at radius 3 is 2.54 bits per heavy atom. The first-order valence-electron chi connectivity index (χ1n) is 7.52. The van der Waals surface area contributed by atoms with E-state index in [0.29, 0.717) is 5.75 Å². The maximum absolute atomic E-state index is 13.3. The standard InChI is InChI=1S/C18H16F3NO2/c1-24-16-8-3-2-5-12(16)11-9-13-14(18(19,20)21)6-4-7-15(13)22-17(23)10-11/h2-8,11H,9-10H2,1H3,(H,22,23). The molecule has 0 bridgehead atoms. The third kappa shape index (κ3) is 3.09. The highest BCUT2D eigenvalue weighted by molar-refractivity contribution is 5.93. The molecule has 0 saturated carbocycles. The third-order valence-corrected chi connectivity index (χ3v) is 4.22. The average molecular weight is 335 g/mol. The third-order valence-electron chi connectivity index (χ3n) is 4.22. The van der Waals surface area contributed by atoms with E-state index in [4.69, 9.17) is 4.74 Å². The lowest BCUT2D eigenvalue weighted by Crippen LogP contribution is -2.13. The quantitative estimate of drug-likeness (QED) is 0.884. The van der Waals surface area contributed by atoms with Crippen LogP contribution < -0.4 is 10.1 Å². The summed E-state index contributed by atoms with van der Waals surface area (Å²) >= 11 is 0. The number of hydrogen-bond acceptors (Lipinski definition) is 2. The number of para-hydroxylation sites is 1. The van der Waals surface area contributed by atoms with Crippen molar-refractivity contribution in [3.8, 4) is 5.75 Å². The predicted molar refractivity (Wildman–Crippen MR) is 84.1 cm³/mol. The zero-order chi connectivity index (χ0) is 17.3. The number of amides is 1. The molecule has 126 valence electrons. The van der Waals surface area contributed by atoms with Gasteiger partial charge in [0.25, 0.3) is 0 Å². The van der Waals surface area contributed by atoms with Crippen LogP contribution in [0.2, 0.25) is 0 Å². The van der Waals surface area contributed by atoms with Gasteiger partial charge in [-0.15, -0.1) is 0 Å². The Morgan fingerprint density at radius 2 is 1.83 bits per heavy atom. The Bertz CT molecular complexity index is 771. The summed E-state index contributed by atoms with van der Waals surface area (Å²) in [5.41, 5.74) is 0.376. The lowest BCUT2D eigenvalue weighted by molar-refractivity contribution is -0.138. The summed E-state index contributed by atoms with van der Waals surface area (Å²) in [7, 11) is 1.50. The number of methoxy groups -OCH3 is 1. The van der Waals surface area contributed by atoms with Crippen molar-refractivity contribution < 1.29 is 22.7 Å². The van der Waals surface area contributed by atoms with Gasteiger partial charge in [-0.2, -0.15) is 13.2 Å². The van der Waals surface area contributed by atoms with Gasteiger partial charge in [0, 0.05) is 18.0 Å². The molecular formula is C18H16F3NO2. The summed E-state index contributed by atoms with van der Waals surface area (Å²) in [5, 5.41) is 2.59. The number of carbonyl (C=O) groups excluding carboxylic acids is 1. The van der Waals surface area contributed by atoms with Crippen LogP contribution in [0.1, 0.15) is 29.0 Å². The van der Waals surface area contributed by atoms with E-state index in [9.17, 15) is 18.0 Å². The van der Waals surface area contributed by atoms with E-state index in [-0.39, 0.29) is 35.9 Å². The van der Waals surface area contributed by atoms with E-state index in [2.05, 4.69) is 5.32 Å². The first-order chi connectivity index (χ1) is 11.4. The average Bonchev–Trinajstić information content (AvgIpc) is 2.71. The van der Waals surface area contributed by atoms with E-state index >= 15 is 0 Å². The van der Waals surface area contributed by atoms with E-state index in [1.54, 1.807) is 24.3 Å². The number of benzene rings is 2. The van der Waals surface area contributed by atoms with Crippen LogP contribution in [0, 0.1) is 0 Å². The number of rotatable bonds is 2. The van der Waals surface area contributed by atoms with Gasteiger partial charge < -0.3 is 10.1 Å². The van der Waals surface area contributed by atoms with Gasteiger partial charge in [-0.3, -0.25) is 4.79 Å². The largest absolute Gasteiger partial charge is 0.496 e. The minimum absolute atomic E-state index is 0.104. The smallest absolute Gasteiger partial charge is 0.416 e. The Hall–Kier alpha value is -2.50. The Kier molecular flexibility index (Phi) is 4.22. The van der Waals surface area contributed by atoms with Crippen molar-refractivity contribution in [1.29, 1.82) is 0 Å². The van der Waals surface area contributed by atoms with E-state index in [0.717, 1.165) is 11.6 Å². The maximum Gasteiger partial charge on any atom is 0.416 e. The normalized spacial score (nSPS) is 17.7. The number of alkyl halides is 3. The van der Waals surface area contributed by atoms with Crippen LogP contribution in [0.4, 0.5) is 18.9 Å². The summed E-state index contributed by atoms with van der Waals surface area (Å²) in [4.78, 5) is 12.2. The number of carbonyl (C=O) groups is 1. The lowest BCUT2D eigenvalue weighted by atomic mass is 9.87. The highest BCUT2D eigenvalue weighted by atomic mass is 19.4. The van der Waals surface area contributed by atoms with Gasteiger partial charge in [0.15, 0.2) is 0 Å². The predicted octanol–water partition coefficient (Wildman–Crippen LogP) is 4.38. The van der Waals surface area contributed by atoms with Gasteiger partial charge in [0.05, 0.1) is 12.7 Å². The second-order valence-electron chi connectivity index (χ2n) is 5.72.